The molecule has 25 heavy (non-hydrogen) atoms. The van der Waals surface area contributed by atoms with E-state index in [1.54, 1.807) is 19.1 Å². The Bertz CT molecular complexity index is 598. The first-order valence-corrected chi connectivity index (χ1v) is 8.52. The van der Waals surface area contributed by atoms with Gasteiger partial charge in [0.2, 0.25) is 0 Å². The van der Waals surface area contributed by atoms with E-state index in [1.165, 1.54) is 6.07 Å². The average molecular weight is 353 g/mol. The van der Waals surface area contributed by atoms with Gasteiger partial charge in [0.15, 0.2) is 17.5 Å². The number of halogens is 2. The number of alkyl halides is 2. The lowest BCUT2D eigenvalue weighted by atomic mass is 10.2. The topological polar surface area (TPSA) is 54.9 Å². The van der Waals surface area contributed by atoms with E-state index in [0.29, 0.717) is 24.9 Å². The van der Waals surface area contributed by atoms with Crippen molar-refractivity contribution in [1.29, 1.82) is 0 Å². The van der Waals surface area contributed by atoms with Gasteiger partial charge in [-0.1, -0.05) is 18.2 Å². The highest BCUT2D eigenvalue weighted by atomic mass is 19.3. The molecule has 2 N–H and O–H groups in total. The number of aliphatic imine (C=N–C) groups is 1. The maximum absolute atomic E-state index is 12.5. The van der Waals surface area contributed by atoms with Crippen LogP contribution in [0.2, 0.25) is 0 Å². The van der Waals surface area contributed by atoms with E-state index in [0.717, 1.165) is 30.9 Å². The molecule has 2 rings (SSSR count). The van der Waals surface area contributed by atoms with Crippen LogP contribution in [-0.4, -0.2) is 31.8 Å². The van der Waals surface area contributed by atoms with Crippen molar-refractivity contribution in [2.75, 3.05) is 13.2 Å². The molecule has 0 spiro atoms. The predicted octanol–water partition coefficient (Wildman–Crippen LogP) is 3.46. The third-order valence-electron chi connectivity index (χ3n) is 3.64. The van der Waals surface area contributed by atoms with Crippen LogP contribution in [0.25, 0.3) is 0 Å². The van der Waals surface area contributed by atoms with Gasteiger partial charge in [0.1, 0.15) is 0 Å². The predicted molar refractivity (Wildman–Crippen MR) is 94.4 cm³/mol. The Morgan fingerprint density at radius 1 is 1.24 bits per heavy atom. The molecule has 0 aromatic heterocycles. The first-order valence-electron chi connectivity index (χ1n) is 8.52. The van der Waals surface area contributed by atoms with Gasteiger partial charge in [-0.15, -0.1) is 0 Å². The van der Waals surface area contributed by atoms with Crippen molar-refractivity contribution in [2.24, 2.45) is 4.99 Å². The molecule has 1 aromatic rings. The van der Waals surface area contributed by atoms with Crippen LogP contribution in [0.1, 0.15) is 32.3 Å². The fourth-order valence-electron chi connectivity index (χ4n) is 2.53. The minimum Gasteiger partial charge on any atom is -0.490 e. The van der Waals surface area contributed by atoms with Crippen LogP contribution in [0, 0.1) is 0 Å². The number of benzene rings is 1. The number of nitrogens with one attached hydrogen (secondary N) is 2. The van der Waals surface area contributed by atoms with E-state index in [4.69, 9.17) is 4.74 Å². The average Bonchev–Trinajstić information content (AvgIpc) is 3.08. The quantitative estimate of drug-likeness (QED) is 0.427. The van der Waals surface area contributed by atoms with E-state index in [9.17, 15) is 8.78 Å². The molecular weight excluding hydrogens is 328 g/mol. The summed E-state index contributed by atoms with van der Waals surface area (Å²) >= 11 is 0. The minimum atomic E-state index is -2.88. The molecule has 0 fully saturated rings. The summed E-state index contributed by atoms with van der Waals surface area (Å²) in [6, 6.07) is 5.25. The first-order chi connectivity index (χ1) is 12.1. The SMILES string of the molecule is CCNC(=NCc1ccc(OC(F)F)c(OCC)c1)NC1CC=CC1. The summed E-state index contributed by atoms with van der Waals surface area (Å²) < 4.78 is 34.8. The number of hydrogen-bond donors (Lipinski definition) is 2. The van der Waals surface area contributed by atoms with Crippen molar-refractivity contribution in [3.05, 3.63) is 35.9 Å². The van der Waals surface area contributed by atoms with Gasteiger partial charge < -0.3 is 20.1 Å². The standard InChI is InChI=1S/C18H25F2N3O2/c1-3-21-18(23-14-7-5-6-8-14)22-12-13-9-10-15(25-17(19)20)16(11-13)24-4-2/h5-6,9-11,14,17H,3-4,7-8,12H2,1-2H3,(H2,21,22,23). The summed E-state index contributed by atoms with van der Waals surface area (Å²) in [6.45, 7) is 2.45. The van der Waals surface area contributed by atoms with Crippen LogP contribution in [-0.2, 0) is 6.54 Å². The summed E-state index contributed by atoms with van der Waals surface area (Å²) in [7, 11) is 0. The molecule has 0 saturated carbocycles. The Kier molecular flexibility index (Phi) is 7.50. The molecule has 0 aliphatic heterocycles. The summed E-state index contributed by atoms with van der Waals surface area (Å²) in [5.74, 6) is 1.07. The van der Waals surface area contributed by atoms with E-state index < -0.39 is 6.61 Å². The van der Waals surface area contributed by atoms with Crippen molar-refractivity contribution < 1.29 is 18.3 Å². The second-order valence-corrected chi connectivity index (χ2v) is 5.57. The highest BCUT2D eigenvalue weighted by molar-refractivity contribution is 5.80. The molecule has 7 heteroatoms. The Morgan fingerprint density at radius 3 is 2.64 bits per heavy atom. The zero-order valence-corrected chi connectivity index (χ0v) is 14.6. The van der Waals surface area contributed by atoms with Gasteiger partial charge in [-0.25, -0.2) is 4.99 Å². The molecule has 0 atom stereocenters. The Morgan fingerprint density at radius 2 is 2.00 bits per heavy atom. The molecule has 1 aliphatic rings. The maximum atomic E-state index is 12.5. The normalized spacial score (nSPS) is 14.8. The second kappa shape index (κ2) is 9.86. The van der Waals surface area contributed by atoms with Crippen LogP contribution in [0.15, 0.2) is 35.3 Å². The van der Waals surface area contributed by atoms with Crippen molar-refractivity contribution >= 4 is 5.96 Å². The number of ether oxygens (including phenoxy) is 2. The molecule has 0 amide bonds. The summed E-state index contributed by atoms with van der Waals surface area (Å²) in [5.41, 5.74) is 0.854. The fraction of sp³-hybridized carbons (Fsp3) is 0.500. The molecule has 0 radical (unpaired) electrons. The summed E-state index contributed by atoms with van der Waals surface area (Å²) in [6.07, 6.45) is 6.27. The van der Waals surface area contributed by atoms with Crippen LogP contribution >= 0.6 is 0 Å². The molecule has 0 saturated heterocycles. The van der Waals surface area contributed by atoms with Gasteiger partial charge in [-0.05, 0) is 44.4 Å². The largest absolute Gasteiger partial charge is 0.490 e. The lowest BCUT2D eigenvalue weighted by molar-refractivity contribution is -0.0514. The maximum Gasteiger partial charge on any atom is 0.387 e. The van der Waals surface area contributed by atoms with Crippen LogP contribution in [0.5, 0.6) is 11.5 Å². The van der Waals surface area contributed by atoms with Crippen LogP contribution in [0.4, 0.5) is 8.78 Å². The Balaban J connectivity index is 2.06. The highest BCUT2D eigenvalue weighted by Crippen LogP contribution is 2.30. The van der Waals surface area contributed by atoms with Gasteiger partial charge >= 0.3 is 6.61 Å². The molecule has 5 nitrogen and oxygen atoms in total. The fourth-order valence-corrected chi connectivity index (χ4v) is 2.53. The summed E-state index contributed by atoms with van der Waals surface area (Å²) in [4.78, 5) is 4.56. The monoisotopic (exact) mass is 353 g/mol. The third kappa shape index (κ3) is 6.25. The van der Waals surface area contributed by atoms with Gasteiger partial charge in [0, 0.05) is 12.6 Å². The van der Waals surface area contributed by atoms with Crippen molar-refractivity contribution in [3.63, 3.8) is 0 Å². The van der Waals surface area contributed by atoms with Gasteiger partial charge in [-0.2, -0.15) is 8.78 Å². The van der Waals surface area contributed by atoms with E-state index in [-0.39, 0.29) is 5.75 Å². The second-order valence-electron chi connectivity index (χ2n) is 5.57. The van der Waals surface area contributed by atoms with Gasteiger partial charge in [-0.3, -0.25) is 0 Å². The number of guanidine groups is 1. The van der Waals surface area contributed by atoms with Crippen LogP contribution in [0.3, 0.4) is 0 Å². The van der Waals surface area contributed by atoms with Gasteiger partial charge in [0.05, 0.1) is 13.2 Å². The molecule has 1 aliphatic carbocycles. The van der Waals surface area contributed by atoms with E-state index in [2.05, 4.69) is 32.5 Å². The van der Waals surface area contributed by atoms with E-state index >= 15 is 0 Å². The molecule has 138 valence electrons. The summed E-state index contributed by atoms with van der Waals surface area (Å²) in [5, 5.41) is 6.60. The number of nitrogens with zero attached hydrogens (tertiary/aromatic N) is 1. The Hall–Kier alpha value is -2.31. The molecular formula is C18H25F2N3O2. The number of rotatable bonds is 8. The molecule has 0 heterocycles. The van der Waals surface area contributed by atoms with Crippen molar-refractivity contribution in [3.8, 4) is 11.5 Å². The molecule has 1 aromatic carbocycles. The highest BCUT2D eigenvalue weighted by Gasteiger charge is 2.13. The first kappa shape index (κ1) is 19.0. The van der Waals surface area contributed by atoms with Crippen molar-refractivity contribution in [1.82, 2.24) is 10.6 Å². The molecule has 0 bridgehead atoms. The zero-order valence-electron chi connectivity index (χ0n) is 14.6. The van der Waals surface area contributed by atoms with E-state index in [1.807, 2.05) is 6.92 Å². The zero-order chi connectivity index (χ0) is 18.1. The smallest absolute Gasteiger partial charge is 0.387 e. The lowest BCUT2D eigenvalue weighted by Crippen LogP contribution is -2.42. The lowest BCUT2D eigenvalue weighted by Gasteiger charge is -2.17. The Labute approximate surface area is 147 Å². The van der Waals surface area contributed by atoms with Crippen molar-refractivity contribution in [2.45, 2.75) is 45.9 Å². The van der Waals surface area contributed by atoms with Gasteiger partial charge in [0.25, 0.3) is 0 Å². The third-order valence-corrected chi connectivity index (χ3v) is 3.64. The molecule has 0 unspecified atom stereocenters. The minimum absolute atomic E-state index is 0.0339. The van der Waals surface area contributed by atoms with Crippen LogP contribution < -0.4 is 20.1 Å². The number of hydrogen-bond acceptors (Lipinski definition) is 3.